The summed E-state index contributed by atoms with van der Waals surface area (Å²) in [5.74, 6) is 0. The average Bonchev–Trinajstić information content (AvgIpc) is 2.46. The van der Waals surface area contributed by atoms with Crippen molar-refractivity contribution in [1.29, 1.82) is 0 Å². The summed E-state index contributed by atoms with van der Waals surface area (Å²) in [6, 6.07) is 10.7. The van der Waals surface area contributed by atoms with Crippen molar-refractivity contribution < 1.29 is 5.11 Å². The number of aliphatic hydroxyl groups excluding tert-OH is 1. The second-order valence-corrected chi connectivity index (χ2v) is 7.27. The molecule has 3 heteroatoms. The van der Waals surface area contributed by atoms with Crippen molar-refractivity contribution >= 4 is 0 Å². The molecule has 0 radical (unpaired) electrons. The van der Waals surface area contributed by atoms with E-state index in [1.54, 1.807) is 0 Å². The number of rotatable bonds is 5. The second-order valence-electron chi connectivity index (χ2n) is 7.27. The molecule has 0 aromatic heterocycles. The molecular weight excluding hydrogens is 260 g/mol. The predicted molar refractivity (Wildman–Crippen MR) is 88.2 cm³/mol. The molecule has 0 aliphatic carbocycles. The zero-order valence-corrected chi connectivity index (χ0v) is 13.8. The van der Waals surface area contributed by atoms with Crippen LogP contribution in [0.5, 0.6) is 0 Å². The summed E-state index contributed by atoms with van der Waals surface area (Å²) in [7, 11) is 0. The summed E-state index contributed by atoms with van der Waals surface area (Å²) >= 11 is 0. The average molecular weight is 290 g/mol. The van der Waals surface area contributed by atoms with E-state index in [9.17, 15) is 5.11 Å². The maximum absolute atomic E-state index is 10.1. The third-order valence-electron chi connectivity index (χ3n) is 4.43. The van der Waals surface area contributed by atoms with Crippen molar-refractivity contribution in [2.75, 3.05) is 32.7 Å². The highest BCUT2D eigenvalue weighted by molar-refractivity contribution is 5.14. The normalized spacial score (nSPS) is 19.6. The fourth-order valence-corrected chi connectivity index (χ4v) is 2.75. The van der Waals surface area contributed by atoms with Crippen molar-refractivity contribution in [3.05, 3.63) is 35.9 Å². The minimum absolute atomic E-state index is 0.00483. The fraction of sp³-hybridized carbons (Fsp3) is 0.667. The van der Waals surface area contributed by atoms with E-state index < -0.39 is 0 Å². The monoisotopic (exact) mass is 290 g/mol. The van der Waals surface area contributed by atoms with Crippen LogP contribution in [0, 0.1) is 5.41 Å². The molecule has 1 fully saturated rings. The molecule has 2 rings (SSSR count). The number of piperazine rings is 1. The molecule has 1 aliphatic rings. The Labute approximate surface area is 129 Å². The van der Waals surface area contributed by atoms with E-state index in [2.05, 4.69) is 60.9 Å². The van der Waals surface area contributed by atoms with E-state index in [0.29, 0.717) is 0 Å². The molecule has 1 unspecified atom stereocenters. The van der Waals surface area contributed by atoms with Gasteiger partial charge in [0.1, 0.15) is 0 Å². The summed E-state index contributed by atoms with van der Waals surface area (Å²) in [6.07, 6.45) is 0.669. The third-order valence-corrected chi connectivity index (χ3v) is 4.43. The van der Waals surface area contributed by atoms with Gasteiger partial charge in [-0.25, -0.2) is 0 Å². The molecule has 21 heavy (non-hydrogen) atoms. The van der Waals surface area contributed by atoms with Crippen LogP contribution in [-0.2, 0) is 6.54 Å². The number of aliphatic hydroxyl groups is 1. The molecule has 1 atom stereocenters. The van der Waals surface area contributed by atoms with Crippen LogP contribution in [0.25, 0.3) is 0 Å². The van der Waals surface area contributed by atoms with Crippen LogP contribution in [0.3, 0.4) is 0 Å². The highest BCUT2D eigenvalue weighted by Gasteiger charge is 2.23. The molecule has 1 saturated heterocycles. The smallest absolute Gasteiger partial charge is 0.0600 e. The molecule has 0 saturated carbocycles. The zero-order chi connectivity index (χ0) is 15.3. The van der Waals surface area contributed by atoms with Gasteiger partial charge in [0.15, 0.2) is 0 Å². The quantitative estimate of drug-likeness (QED) is 0.903. The predicted octanol–water partition coefficient (Wildman–Crippen LogP) is 2.60. The Kier molecular flexibility index (Phi) is 5.80. The lowest BCUT2D eigenvalue weighted by atomic mass is 9.87. The standard InChI is InChI=1S/C18H30N2O/c1-18(2,3)17(21)9-10-19-11-13-20(14-12-19)15-16-7-5-4-6-8-16/h4-8,17,21H,9-15H2,1-3H3. The maximum atomic E-state index is 10.1. The van der Waals surface area contributed by atoms with Gasteiger partial charge in [-0.3, -0.25) is 4.90 Å². The van der Waals surface area contributed by atoms with Crippen molar-refractivity contribution in [3.8, 4) is 0 Å². The van der Waals surface area contributed by atoms with Crippen LogP contribution in [0.4, 0.5) is 0 Å². The van der Waals surface area contributed by atoms with Gasteiger partial charge in [0.05, 0.1) is 6.10 Å². The molecule has 118 valence electrons. The lowest BCUT2D eigenvalue weighted by molar-refractivity contribution is 0.0379. The van der Waals surface area contributed by atoms with Gasteiger partial charge in [-0.1, -0.05) is 51.1 Å². The van der Waals surface area contributed by atoms with Crippen LogP contribution in [0.2, 0.25) is 0 Å². The summed E-state index contributed by atoms with van der Waals surface area (Å²) in [5.41, 5.74) is 1.39. The van der Waals surface area contributed by atoms with Crippen LogP contribution in [0.15, 0.2) is 30.3 Å². The van der Waals surface area contributed by atoms with Crippen molar-refractivity contribution in [2.24, 2.45) is 5.41 Å². The number of benzene rings is 1. The zero-order valence-electron chi connectivity index (χ0n) is 13.8. The maximum Gasteiger partial charge on any atom is 0.0600 e. The van der Waals surface area contributed by atoms with Gasteiger partial charge in [-0.05, 0) is 17.4 Å². The molecule has 0 amide bonds. The Hall–Kier alpha value is -0.900. The summed E-state index contributed by atoms with van der Waals surface area (Å²) < 4.78 is 0. The summed E-state index contributed by atoms with van der Waals surface area (Å²) in [6.45, 7) is 12.9. The fourth-order valence-electron chi connectivity index (χ4n) is 2.75. The van der Waals surface area contributed by atoms with E-state index in [1.165, 1.54) is 5.56 Å². The lowest BCUT2D eigenvalue weighted by Crippen LogP contribution is -2.47. The van der Waals surface area contributed by atoms with E-state index in [-0.39, 0.29) is 11.5 Å². The first-order valence-corrected chi connectivity index (χ1v) is 8.12. The number of hydrogen-bond acceptors (Lipinski definition) is 3. The molecule has 0 bridgehead atoms. The van der Waals surface area contributed by atoms with Crippen LogP contribution >= 0.6 is 0 Å². The van der Waals surface area contributed by atoms with Gasteiger partial charge >= 0.3 is 0 Å². The van der Waals surface area contributed by atoms with E-state index in [1.807, 2.05) is 0 Å². The first-order chi connectivity index (χ1) is 9.95. The van der Waals surface area contributed by atoms with Crippen molar-refractivity contribution in [3.63, 3.8) is 0 Å². The molecule has 1 aliphatic heterocycles. The molecule has 1 heterocycles. The van der Waals surface area contributed by atoms with E-state index in [4.69, 9.17) is 0 Å². The molecule has 1 aromatic rings. The van der Waals surface area contributed by atoms with E-state index in [0.717, 1.165) is 45.7 Å². The van der Waals surface area contributed by atoms with Gasteiger partial charge in [0, 0.05) is 39.3 Å². The third kappa shape index (κ3) is 5.42. The second kappa shape index (κ2) is 7.39. The summed E-state index contributed by atoms with van der Waals surface area (Å²) in [5, 5.41) is 10.1. The van der Waals surface area contributed by atoms with E-state index >= 15 is 0 Å². The lowest BCUT2D eigenvalue weighted by Gasteiger charge is -2.36. The van der Waals surface area contributed by atoms with Gasteiger partial charge in [0.25, 0.3) is 0 Å². The minimum atomic E-state index is -0.208. The Bertz CT molecular complexity index is 405. The molecule has 1 aromatic carbocycles. The largest absolute Gasteiger partial charge is 0.393 e. The highest BCUT2D eigenvalue weighted by atomic mass is 16.3. The van der Waals surface area contributed by atoms with Crippen LogP contribution in [0.1, 0.15) is 32.8 Å². The molecule has 3 nitrogen and oxygen atoms in total. The first-order valence-electron chi connectivity index (χ1n) is 8.12. The van der Waals surface area contributed by atoms with Gasteiger partial charge in [-0.2, -0.15) is 0 Å². The Morgan fingerprint density at radius 3 is 2.14 bits per heavy atom. The van der Waals surface area contributed by atoms with Crippen LogP contribution in [-0.4, -0.2) is 53.7 Å². The van der Waals surface area contributed by atoms with Crippen LogP contribution < -0.4 is 0 Å². The summed E-state index contributed by atoms with van der Waals surface area (Å²) in [4.78, 5) is 5.00. The highest BCUT2D eigenvalue weighted by Crippen LogP contribution is 2.22. The van der Waals surface area contributed by atoms with Crippen molar-refractivity contribution in [2.45, 2.75) is 39.8 Å². The SMILES string of the molecule is CC(C)(C)C(O)CCN1CCN(Cc2ccccc2)CC1. The van der Waals surface area contributed by atoms with Gasteiger partial charge in [-0.15, -0.1) is 0 Å². The Morgan fingerprint density at radius 1 is 1.00 bits per heavy atom. The molecule has 1 N–H and O–H groups in total. The molecule has 0 spiro atoms. The minimum Gasteiger partial charge on any atom is -0.393 e. The number of nitrogens with zero attached hydrogens (tertiary/aromatic N) is 2. The molecular formula is C18H30N2O. The number of hydrogen-bond donors (Lipinski definition) is 1. The van der Waals surface area contributed by atoms with Gasteiger partial charge < -0.3 is 10.0 Å². The topological polar surface area (TPSA) is 26.7 Å². The Balaban J connectivity index is 1.69. The Morgan fingerprint density at radius 2 is 1.57 bits per heavy atom. The van der Waals surface area contributed by atoms with Crippen molar-refractivity contribution in [1.82, 2.24) is 9.80 Å². The first kappa shape index (κ1) is 16.5. The van der Waals surface area contributed by atoms with Gasteiger partial charge in [0.2, 0.25) is 0 Å².